The zero-order valence-electron chi connectivity index (χ0n) is 9.13. The fourth-order valence-electron chi connectivity index (χ4n) is 1.86. The average molecular weight is 243 g/mol. The molecule has 0 amide bonds. The molecule has 1 fully saturated rings. The molecule has 6 heteroatoms. The maximum absolute atomic E-state index is 8.67. The molecule has 0 aliphatic carbocycles. The summed E-state index contributed by atoms with van der Waals surface area (Å²) in [5.41, 5.74) is 5.66. The molecule has 0 radical (unpaired) electrons. The Morgan fingerprint density at radius 1 is 1.56 bits per heavy atom. The highest BCUT2D eigenvalue weighted by molar-refractivity contribution is 7.19. The third-order valence-corrected chi connectivity index (χ3v) is 3.56. The van der Waals surface area contributed by atoms with Crippen LogP contribution >= 0.6 is 11.3 Å². The number of nitrogens with zero attached hydrogens (tertiary/aromatic N) is 2. The first kappa shape index (κ1) is 11.6. The van der Waals surface area contributed by atoms with Crippen molar-refractivity contribution in [2.45, 2.75) is 18.9 Å². The van der Waals surface area contributed by atoms with E-state index in [1.807, 2.05) is 0 Å². The minimum atomic E-state index is 0.100. The van der Waals surface area contributed by atoms with Crippen LogP contribution in [0.4, 0.5) is 10.1 Å². The van der Waals surface area contributed by atoms with Crippen LogP contribution in [0.1, 0.15) is 12.8 Å². The Labute approximate surface area is 98.8 Å². The van der Waals surface area contributed by atoms with Gasteiger partial charge in [0.1, 0.15) is 5.00 Å². The molecule has 0 atom stereocenters. The van der Waals surface area contributed by atoms with E-state index in [1.54, 1.807) is 6.20 Å². The second-order valence-corrected chi connectivity index (χ2v) is 4.87. The van der Waals surface area contributed by atoms with Crippen molar-refractivity contribution in [2.24, 2.45) is 0 Å². The van der Waals surface area contributed by atoms with Crippen LogP contribution < -0.4 is 10.6 Å². The number of piperidine rings is 1. The molecule has 1 saturated heterocycles. The molecule has 5 nitrogen and oxygen atoms in total. The van der Waals surface area contributed by atoms with E-state index >= 15 is 0 Å². The quantitative estimate of drug-likeness (QED) is 0.814. The topological polar surface area (TPSA) is 71.6 Å². The zero-order valence-corrected chi connectivity index (χ0v) is 9.95. The van der Waals surface area contributed by atoms with Crippen molar-refractivity contribution in [2.75, 3.05) is 36.9 Å². The Hall–Kier alpha value is -0.850. The van der Waals surface area contributed by atoms with Crippen molar-refractivity contribution in [3.05, 3.63) is 6.20 Å². The lowest BCUT2D eigenvalue weighted by Gasteiger charge is -2.31. The lowest BCUT2D eigenvalue weighted by Crippen LogP contribution is -2.37. The minimum Gasteiger partial charge on any atom is -0.394 e. The number of aliphatic hydroxyl groups excluding tert-OH is 1. The molecule has 90 valence electrons. The van der Waals surface area contributed by atoms with Crippen molar-refractivity contribution in [1.29, 1.82) is 0 Å². The summed E-state index contributed by atoms with van der Waals surface area (Å²) >= 11 is 1.53. The summed E-state index contributed by atoms with van der Waals surface area (Å²) in [7, 11) is 0. The number of thiazole rings is 1. The number of aromatic nitrogens is 1. The first-order valence-corrected chi connectivity index (χ1v) is 6.30. The van der Waals surface area contributed by atoms with Gasteiger partial charge in [0.25, 0.3) is 0 Å². The van der Waals surface area contributed by atoms with E-state index in [2.05, 4.69) is 9.88 Å². The maximum Gasteiger partial charge on any atom is 0.187 e. The van der Waals surface area contributed by atoms with Crippen molar-refractivity contribution < 1.29 is 9.84 Å². The molecule has 1 aliphatic rings. The fourth-order valence-corrected chi connectivity index (χ4v) is 2.59. The molecule has 0 aromatic carbocycles. The number of nitrogens with two attached hydrogens (primary N) is 1. The predicted octanol–water partition coefficient (Wildman–Crippen LogP) is 0.703. The molecule has 0 unspecified atom stereocenters. The Balaban J connectivity index is 1.81. The monoisotopic (exact) mass is 243 g/mol. The van der Waals surface area contributed by atoms with E-state index in [0.29, 0.717) is 6.61 Å². The van der Waals surface area contributed by atoms with Gasteiger partial charge in [-0.05, 0) is 12.8 Å². The van der Waals surface area contributed by atoms with Gasteiger partial charge >= 0.3 is 0 Å². The molecular formula is C10H17N3O2S. The molecule has 3 N–H and O–H groups in total. The van der Waals surface area contributed by atoms with Gasteiger partial charge in [-0.1, -0.05) is 11.3 Å². The van der Waals surface area contributed by atoms with Gasteiger partial charge in [0, 0.05) is 13.1 Å². The van der Waals surface area contributed by atoms with Crippen LogP contribution in [0, 0.1) is 0 Å². The summed E-state index contributed by atoms with van der Waals surface area (Å²) in [6.45, 7) is 2.43. The molecule has 1 aromatic heterocycles. The summed E-state index contributed by atoms with van der Waals surface area (Å²) in [5.74, 6) is 0. The largest absolute Gasteiger partial charge is 0.394 e. The average Bonchev–Trinajstić information content (AvgIpc) is 2.74. The molecule has 16 heavy (non-hydrogen) atoms. The van der Waals surface area contributed by atoms with Gasteiger partial charge in [0.2, 0.25) is 0 Å². The number of anilines is 2. The summed E-state index contributed by atoms with van der Waals surface area (Å²) in [5, 5.41) is 10.4. The zero-order chi connectivity index (χ0) is 11.4. The fraction of sp³-hybridized carbons (Fsp3) is 0.700. The van der Waals surface area contributed by atoms with E-state index in [0.717, 1.165) is 36.1 Å². The molecule has 0 spiro atoms. The predicted molar refractivity (Wildman–Crippen MR) is 64.8 cm³/mol. The molecule has 2 rings (SSSR count). The molecule has 1 aromatic rings. The van der Waals surface area contributed by atoms with Gasteiger partial charge in [0.05, 0.1) is 25.5 Å². The van der Waals surface area contributed by atoms with Gasteiger partial charge in [-0.3, -0.25) is 0 Å². The Morgan fingerprint density at radius 2 is 2.31 bits per heavy atom. The van der Waals surface area contributed by atoms with Gasteiger partial charge < -0.3 is 20.5 Å². The van der Waals surface area contributed by atoms with E-state index in [1.165, 1.54) is 11.3 Å². The van der Waals surface area contributed by atoms with Crippen LogP contribution in [0.5, 0.6) is 0 Å². The second-order valence-electron chi connectivity index (χ2n) is 3.83. The Morgan fingerprint density at radius 3 is 2.88 bits per heavy atom. The number of rotatable bonds is 4. The third kappa shape index (κ3) is 2.84. The molecular weight excluding hydrogens is 226 g/mol. The van der Waals surface area contributed by atoms with Gasteiger partial charge in [-0.2, -0.15) is 0 Å². The van der Waals surface area contributed by atoms with Crippen molar-refractivity contribution in [1.82, 2.24) is 4.98 Å². The Kier molecular flexibility index (Phi) is 3.98. The van der Waals surface area contributed by atoms with Gasteiger partial charge in [-0.25, -0.2) is 4.98 Å². The first-order chi connectivity index (χ1) is 7.79. The number of hydrogen-bond acceptors (Lipinski definition) is 6. The van der Waals surface area contributed by atoms with E-state index < -0.39 is 0 Å². The van der Waals surface area contributed by atoms with Crippen LogP contribution in [0.15, 0.2) is 6.20 Å². The SMILES string of the molecule is Nc1cnc(N2CCC(OCCO)CC2)s1. The van der Waals surface area contributed by atoms with Crippen LogP contribution in [0.25, 0.3) is 0 Å². The first-order valence-electron chi connectivity index (χ1n) is 5.48. The lowest BCUT2D eigenvalue weighted by molar-refractivity contribution is 0.0159. The highest BCUT2D eigenvalue weighted by atomic mass is 32.1. The van der Waals surface area contributed by atoms with Crippen LogP contribution in [0.2, 0.25) is 0 Å². The number of nitrogen functional groups attached to an aromatic ring is 1. The highest BCUT2D eigenvalue weighted by Gasteiger charge is 2.21. The number of ether oxygens (including phenoxy) is 1. The van der Waals surface area contributed by atoms with Crippen molar-refractivity contribution >= 4 is 21.5 Å². The summed E-state index contributed by atoms with van der Waals surface area (Å²) in [4.78, 5) is 6.50. The number of hydrogen-bond donors (Lipinski definition) is 2. The smallest absolute Gasteiger partial charge is 0.187 e. The summed E-state index contributed by atoms with van der Waals surface area (Å²) < 4.78 is 5.50. The van der Waals surface area contributed by atoms with Crippen molar-refractivity contribution in [3.8, 4) is 0 Å². The highest BCUT2D eigenvalue weighted by Crippen LogP contribution is 2.27. The maximum atomic E-state index is 8.67. The van der Waals surface area contributed by atoms with Crippen LogP contribution in [-0.2, 0) is 4.74 Å². The second kappa shape index (κ2) is 5.47. The Bertz CT molecular complexity index is 324. The lowest BCUT2D eigenvalue weighted by atomic mass is 10.1. The van der Waals surface area contributed by atoms with Crippen molar-refractivity contribution in [3.63, 3.8) is 0 Å². The molecule has 2 heterocycles. The summed E-state index contributed by atoms with van der Waals surface area (Å²) in [6.07, 6.45) is 3.95. The molecule has 0 bridgehead atoms. The normalized spacial score (nSPS) is 17.9. The van der Waals surface area contributed by atoms with Crippen LogP contribution in [0.3, 0.4) is 0 Å². The number of aliphatic hydroxyl groups is 1. The van der Waals surface area contributed by atoms with Gasteiger partial charge in [-0.15, -0.1) is 0 Å². The van der Waals surface area contributed by atoms with Gasteiger partial charge in [0.15, 0.2) is 5.13 Å². The van der Waals surface area contributed by atoms with E-state index in [9.17, 15) is 0 Å². The third-order valence-electron chi connectivity index (χ3n) is 2.67. The van der Waals surface area contributed by atoms with E-state index in [4.69, 9.17) is 15.6 Å². The van der Waals surface area contributed by atoms with E-state index in [-0.39, 0.29) is 12.7 Å². The summed E-state index contributed by atoms with van der Waals surface area (Å²) in [6, 6.07) is 0. The standard InChI is InChI=1S/C10H17N3O2S/c11-9-7-12-10(16-9)13-3-1-8(2-4-13)15-6-5-14/h7-8,14H,1-6,11H2. The molecule has 0 saturated carbocycles. The van der Waals surface area contributed by atoms with Crippen LogP contribution in [-0.4, -0.2) is 42.5 Å². The minimum absolute atomic E-state index is 0.100. The molecule has 1 aliphatic heterocycles.